The Bertz CT molecular complexity index is 1690. The molecule has 0 fully saturated rings. The average Bonchev–Trinajstić information content (AvgIpc) is 2.88. The average molecular weight is 696 g/mol. The van der Waals surface area contributed by atoms with Crippen LogP contribution in [0.5, 0.6) is 0 Å². The molecule has 0 saturated heterocycles. The maximum Gasteiger partial charge on any atom is 0.409 e. The SMILES string of the molecule is O=S(=O)(c1cccc(C=CC(F)(F)F)c1-c1cc(Cl)cc(Cl)c1)c1cccc(C=CC(F)(F)F)c1-c1cc(Cl)cc(Cl)c1. The second kappa shape index (κ2) is 12.6. The Labute approximate surface area is 262 Å². The number of allylic oxidation sites excluding steroid dienone is 2. The first-order valence-electron chi connectivity index (χ1n) is 11.9. The van der Waals surface area contributed by atoms with Crippen LogP contribution < -0.4 is 0 Å². The van der Waals surface area contributed by atoms with Gasteiger partial charge in [0, 0.05) is 43.4 Å². The molecule has 2 nitrogen and oxygen atoms in total. The number of hydrogen-bond acceptors (Lipinski definition) is 2. The first-order chi connectivity index (χ1) is 19.9. The lowest BCUT2D eigenvalue weighted by Gasteiger charge is -2.19. The van der Waals surface area contributed by atoms with Crippen LogP contribution in [0, 0.1) is 0 Å². The van der Waals surface area contributed by atoms with Gasteiger partial charge in [0.25, 0.3) is 0 Å². The van der Waals surface area contributed by atoms with Gasteiger partial charge < -0.3 is 0 Å². The molecule has 0 amide bonds. The van der Waals surface area contributed by atoms with Gasteiger partial charge in [-0.05, 0) is 82.9 Å². The van der Waals surface area contributed by atoms with Gasteiger partial charge in [-0.1, -0.05) is 70.7 Å². The van der Waals surface area contributed by atoms with Gasteiger partial charge in [-0.25, -0.2) is 8.42 Å². The summed E-state index contributed by atoms with van der Waals surface area (Å²) in [5.74, 6) is 0. The van der Waals surface area contributed by atoms with E-state index in [0.29, 0.717) is 12.2 Å². The topological polar surface area (TPSA) is 34.1 Å². The van der Waals surface area contributed by atoms with E-state index in [2.05, 4.69) is 0 Å². The highest BCUT2D eigenvalue weighted by atomic mass is 35.5. The molecule has 43 heavy (non-hydrogen) atoms. The summed E-state index contributed by atoms with van der Waals surface area (Å²) in [6.07, 6.45) is -8.17. The van der Waals surface area contributed by atoms with E-state index in [1.807, 2.05) is 0 Å². The van der Waals surface area contributed by atoms with Crippen LogP contribution in [0.2, 0.25) is 20.1 Å². The van der Waals surface area contributed by atoms with Gasteiger partial charge in [0.2, 0.25) is 9.84 Å². The highest BCUT2D eigenvalue weighted by molar-refractivity contribution is 7.91. The molecular weight excluding hydrogens is 680 g/mol. The summed E-state index contributed by atoms with van der Waals surface area (Å²) in [7, 11) is -4.70. The fraction of sp³-hybridized carbons (Fsp3) is 0.0667. The third-order valence-corrected chi connectivity index (χ3v) is 8.61. The van der Waals surface area contributed by atoms with Gasteiger partial charge in [-0.3, -0.25) is 0 Å². The first kappa shape index (κ1) is 33.0. The predicted octanol–water partition coefficient (Wildman–Crippen LogP) is 11.6. The molecule has 0 aliphatic heterocycles. The Kier molecular flexibility index (Phi) is 9.64. The Morgan fingerprint density at radius 1 is 0.535 bits per heavy atom. The van der Waals surface area contributed by atoms with E-state index >= 15 is 0 Å². The number of halogens is 10. The molecule has 0 aliphatic rings. The van der Waals surface area contributed by atoms with E-state index in [1.54, 1.807) is 0 Å². The number of benzene rings is 4. The summed E-state index contributed by atoms with van der Waals surface area (Å²) in [4.78, 5) is -0.914. The number of sulfone groups is 1. The fourth-order valence-corrected chi connectivity index (χ4v) is 7.14. The summed E-state index contributed by atoms with van der Waals surface area (Å²) in [6.45, 7) is 0. The van der Waals surface area contributed by atoms with Crippen molar-refractivity contribution in [2.45, 2.75) is 22.1 Å². The fourth-order valence-electron chi connectivity index (χ4n) is 4.32. The van der Waals surface area contributed by atoms with Crippen LogP contribution in [0.15, 0.2) is 94.7 Å². The molecule has 0 saturated carbocycles. The monoisotopic (exact) mass is 694 g/mol. The summed E-state index contributed by atoms with van der Waals surface area (Å²) in [6, 6.07) is 15.4. The van der Waals surface area contributed by atoms with Crippen molar-refractivity contribution in [3.05, 3.63) is 116 Å². The minimum Gasteiger partial charge on any atom is -0.218 e. The summed E-state index contributed by atoms with van der Waals surface area (Å²) in [5.41, 5.74) is -0.454. The Hall–Kier alpha value is -2.95. The molecule has 13 heteroatoms. The molecule has 0 atom stereocenters. The maximum absolute atomic E-state index is 14.4. The summed E-state index contributed by atoms with van der Waals surface area (Å²) >= 11 is 24.6. The van der Waals surface area contributed by atoms with Gasteiger partial charge in [-0.15, -0.1) is 0 Å². The van der Waals surface area contributed by atoms with Gasteiger partial charge in [0.05, 0.1) is 9.79 Å². The smallest absolute Gasteiger partial charge is 0.218 e. The standard InChI is InChI=1S/C30H16Cl4F6O2S/c31-21-11-19(12-22(32)15-21)27-17(7-9-29(35,36)37)3-1-5-25(27)43(41,42)26-6-2-4-18(8-10-30(38,39)40)28(26)20-13-23(33)16-24(34)14-20/h1-16H. The molecule has 0 unspecified atom stereocenters. The second-order valence-electron chi connectivity index (χ2n) is 9.01. The van der Waals surface area contributed by atoms with Crippen molar-refractivity contribution < 1.29 is 34.8 Å². The van der Waals surface area contributed by atoms with E-state index in [1.165, 1.54) is 60.7 Å². The zero-order chi connectivity index (χ0) is 31.7. The van der Waals surface area contributed by atoms with Crippen molar-refractivity contribution in [3.63, 3.8) is 0 Å². The van der Waals surface area contributed by atoms with Crippen molar-refractivity contribution in [2.75, 3.05) is 0 Å². The molecule has 0 heterocycles. The van der Waals surface area contributed by atoms with Crippen molar-refractivity contribution in [3.8, 4) is 22.3 Å². The third kappa shape index (κ3) is 8.16. The van der Waals surface area contributed by atoms with Crippen LogP contribution in [-0.2, 0) is 9.84 Å². The van der Waals surface area contributed by atoms with Crippen molar-refractivity contribution in [1.82, 2.24) is 0 Å². The van der Waals surface area contributed by atoms with E-state index < -0.39 is 32.0 Å². The Balaban J connectivity index is 2.10. The van der Waals surface area contributed by atoms with Crippen LogP contribution in [0.3, 0.4) is 0 Å². The molecule has 0 N–H and O–H groups in total. The second-order valence-corrected chi connectivity index (χ2v) is 12.6. The molecule has 0 aliphatic carbocycles. The molecule has 224 valence electrons. The first-order valence-corrected chi connectivity index (χ1v) is 14.9. The van der Waals surface area contributed by atoms with Crippen LogP contribution in [0.4, 0.5) is 26.3 Å². The minimum absolute atomic E-state index is 0.0592. The zero-order valence-electron chi connectivity index (χ0n) is 21.2. The maximum atomic E-state index is 14.4. The largest absolute Gasteiger partial charge is 0.409 e. The Morgan fingerprint density at radius 2 is 0.860 bits per heavy atom. The van der Waals surface area contributed by atoms with E-state index in [-0.39, 0.29) is 65.6 Å². The van der Waals surface area contributed by atoms with Gasteiger partial charge in [0.15, 0.2) is 0 Å². The molecule has 4 aromatic carbocycles. The van der Waals surface area contributed by atoms with Crippen molar-refractivity contribution in [2.24, 2.45) is 0 Å². The van der Waals surface area contributed by atoms with Crippen molar-refractivity contribution in [1.29, 1.82) is 0 Å². The third-order valence-electron chi connectivity index (χ3n) is 5.90. The molecule has 0 spiro atoms. The highest BCUT2D eigenvalue weighted by Gasteiger charge is 2.30. The molecule has 4 aromatic rings. The molecular formula is C30H16Cl4F6O2S. The molecule has 0 bridgehead atoms. The van der Waals surface area contributed by atoms with E-state index in [0.717, 1.165) is 12.1 Å². The number of rotatable bonds is 6. The van der Waals surface area contributed by atoms with E-state index in [4.69, 9.17) is 46.4 Å². The lowest BCUT2D eigenvalue weighted by Crippen LogP contribution is -2.08. The molecule has 0 radical (unpaired) electrons. The van der Waals surface area contributed by atoms with Crippen LogP contribution >= 0.6 is 46.4 Å². The summed E-state index contributed by atoms with van der Waals surface area (Å²) < 4.78 is 108. The molecule has 4 rings (SSSR count). The predicted molar refractivity (Wildman–Crippen MR) is 159 cm³/mol. The van der Waals surface area contributed by atoms with Crippen LogP contribution in [-0.4, -0.2) is 20.8 Å². The lowest BCUT2D eigenvalue weighted by molar-refractivity contribution is -0.0800. The lowest BCUT2D eigenvalue weighted by atomic mass is 9.99. The van der Waals surface area contributed by atoms with E-state index in [9.17, 15) is 34.8 Å². The molecule has 0 aromatic heterocycles. The van der Waals surface area contributed by atoms with Crippen LogP contribution in [0.1, 0.15) is 11.1 Å². The Morgan fingerprint density at radius 3 is 1.16 bits per heavy atom. The van der Waals surface area contributed by atoms with Crippen molar-refractivity contribution >= 4 is 68.4 Å². The summed E-state index contributed by atoms with van der Waals surface area (Å²) in [5, 5.41) is 0.311. The van der Waals surface area contributed by atoms with Gasteiger partial charge in [-0.2, -0.15) is 26.3 Å². The highest BCUT2D eigenvalue weighted by Crippen LogP contribution is 2.42. The minimum atomic E-state index is -4.73. The normalized spacial score (nSPS) is 12.9. The van der Waals surface area contributed by atoms with Gasteiger partial charge >= 0.3 is 12.4 Å². The number of alkyl halides is 6. The van der Waals surface area contributed by atoms with Crippen LogP contribution in [0.25, 0.3) is 34.4 Å². The quantitative estimate of drug-likeness (QED) is 0.188. The van der Waals surface area contributed by atoms with Gasteiger partial charge in [0.1, 0.15) is 0 Å². The number of hydrogen-bond donors (Lipinski definition) is 0. The zero-order valence-corrected chi connectivity index (χ0v) is 25.1.